The van der Waals surface area contributed by atoms with Gasteiger partial charge in [-0.15, -0.1) is 6.58 Å². The number of hydrogen-bond donors (Lipinski definition) is 1. The molecule has 0 bridgehead atoms. The van der Waals surface area contributed by atoms with Crippen molar-refractivity contribution in [1.82, 2.24) is 9.88 Å². The third kappa shape index (κ3) is 2.37. The van der Waals surface area contributed by atoms with Gasteiger partial charge in [-0.1, -0.05) is 24.3 Å². The second-order valence-electron chi connectivity index (χ2n) is 6.93. The first kappa shape index (κ1) is 15.5. The molecule has 2 aromatic rings. The molecular weight excluding hydrogens is 300 g/mol. The summed E-state index contributed by atoms with van der Waals surface area (Å²) in [5.41, 5.74) is 4.03. The van der Waals surface area contributed by atoms with Gasteiger partial charge < -0.3 is 9.72 Å². The summed E-state index contributed by atoms with van der Waals surface area (Å²) in [6.07, 6.45) is 4.87. The fourth-order valence-electron chi connectivity index (χ4n) is 4.58. The van der Waals surface area contributed by atoms with Gasteiger partial charge in [0.2, 0.25) is 0 Å². The zero-order chi connectivity index (χ0) is 16.7. The standard InChI is InChI=1S/C20H24N2O2/c1-3-14(20(23)24-2)13-8-10-22-11-9-16-15-6-4-5-7-17(15)21-19(16)18(22)12-13/h3-7,13-14,18,21H,1,8-12H2,2H3/t13-,14+,18+/m0/s1. The average molecular weight is 324 g/mol. The summed E-state index contributed by atoms with van der Waals surface area (Å²) in [6.45, 7) is 6.00. The van der Waals surface area contributed by atoms with Crippen molar-refractivity contribution in [2.45, 2.75) is 25.3 Å². The normalized spacial score (nSPS) is 24.9. The third-order valence-electron chi connectivity index (χ3n) is 5.82. The predicted octanol–water partition coefficient (Wildman–Crippen LogP) is 3.45. The fraction of sp³-hybridized carbons (Fsp3) is 0.450. The van der Waals surface area contributed by atoms with Gasteiger partial charge in [0.25, 0.3) is 0 Å². The van der Waals surface area contributed by atoms with Gasteiger partial charge in [0.1, 0.15) is 0 Å². The first-order valence-corrected chi connectivity index (χ1v) is 8.77. The summed E-state index contributed by atoms with van der Waals surface area (Å²) in [7, 11) is 1.46. The molecule has 0 amide bonds. The minimum Gasteiger partial charge on any atom is -0.469 e. The van der Waals surface area contributed by atoms with Crippen LogP contribution in [-0.4, -0.2) is 36.1 Å². The fourth-order valence-corrected chi connectivity index (χ4v) is 4.58. The van der Waals surface area contributed by atoms with Gasteiger partial charge in [-0.2, -0.15) is 0 Å². The minimum atomic E-state index is -0.202. The quantitative estimate of drug-likeness (QED) is 0.695. The van der Waals surface area contributed by atoms with E-state index < -0.39 is 0 Å². The molecule has 0 unspecified atom stereocenters. The molecule has 4 nitrogen and oxygen atoms in total. The molecule has 0 aliphatic carbocycles. The lowest BCUT2D eigenvalue weighted by atomic mass is 9.78. The largest absolute Gasteiger partial charge is 0.469 e. The van der Waals surface area contributed by atoms with Gasteiger partial charge in [-0.05, 0) is 43.4 Å². The number of carbonyl (C=O) groups excluding carboxylic acids is 1. The van der Waals surface area contributed by atoms with E-state index in [0.717, 1.165) is 32.4 Å². The molecule has 3 heterocycles. The summed E-state index contributed by atoms with van der Waals surface area (Å²) < 4.78 is 4.98. The molecule has 1 aromatic heterocycles. The number of aromatic amines is 1. The highest BCUT2D eigenvalue weighted by Crippen LogP contribution is 2.43. The van der Waals surface area contributed by atoms with E-state index in [4.69, 9.17) is 4.74 Å². The van der Waals surface area contributed by atoms with Crippen LogP contribution in [0.2, 0.25) is 0 Å². The summed E-state index contributed by atoms with van der Waals surface area (Å²) >= 11 is 0. The molecular formula is C20H24N2O2. The van der Waals surface area contributed by atoms with Crippen LogP contribution in [0.25, 0.3) is 10.9 Å². The van der Waals surface area contributed by atoms with Crippen LogP contribution >= 0.6 is 0 Å². The smallest absolute Gasteiger partial charge is 0.312 e. The van der Waals surface area contributed by atoms with E-state index in [0.29, 0.717) is 12.0 Å². The van der Waals surface area contributed by atoms with E-state index in [9.17, 15) is 4.79 Å². The summed E-state index contributed by atoms with van der Waals surface area (Å²) in [5, 5.41) is 1.35. The Balaban J connectivity index is 1.67. The molecule has 2 aliphatic rings. The van der Waals surface area contributed by atoms with Crippen molar-refractivity contribution in [2.75, 3.05) is 20.2 Å². The second-order valence-corrected chi connectivity index (χ2v) is 6.93. The van der Waals surface area contributed by atoms with E-state index >= 15 is 0 Å². The lowest BCUT2D eigenvalue weighted by Gasteiger charge is -2.43. The third-order valence-corrected chi connectivity index (χ3v) is 5.82. The van der Waals surface area contributed by atoms with E-state index in [1.54, 1.807) is 6.08 Å². The number of esters is 1. The summed E-state index contributed by atoms with van der Waals surface area (Å²) in [6, 6.07) is 8.92. The number of nitrogens with zero attached hydrogens (tertiary/aromatic N) is 1. The molecule has 1 aromatic carbocycles. The van der Waals surface area contributed by atoms with Gasteiger partial charge >= 0.3 is 5.97 Å². The van der Waals surface area contributed by atoms with Gasteiger partial charge in [-0.3, -0.25) is 9.69 Å². The van der Waals surface area contributed by atoms with Crippen molar-refractivity contribution < 1.29 is 9.53 Å². The molecule has 3 atom stereocenters. The number of hydrogen-bond acceptors (Lipinski definition) is 3. The SMILES string of the molecule is C=C[C@@H](C(=O)OC)[C@H]1CCN2CCc3c([nH]c4ccccc34)[C@H]2C1. The average Bonchev–Trinajstić information content (AvgIpc) is 3.01. The van der Waals surface area contributed by atoms with Crippen LogP contribution in [0, 0.1) is 11.8 Å². The number of piperidine rings is 1. The maximum absolute atomic E-state index is 12.1. The van der Waals surface area contributed by atoms with Crippen molar-refractivity contribution in [3.63, 3.8) is 0 Å². The van der Waals surface area contributed by atoms with Crippen LogP contribution in [0.5, 0.6) is 0 Å². The monoisotopic (exact) mass is 324 g/mol. The topological polar surface area (TPSA) is 45.3 Å². The van der Waals surface area contributed by atoms with E-state index in [1.165, 1.54) is 29.3 Å². The maximum Gasteiger partial charge on any atom is 0.312 e. The molecule has 1 N–H and O–H groups in total. The van der Waals surface area contributed by atoms with Crippen LogP contribution in [0.15, 0.2) is 36.9 Å². The number of fused-ring (bicyclic) bond motifs is 5. The predicted molar refractivity (Wildman–Crippen MR) is 94.7 cm³/mol. The highest BCUT2D eigenvalue weighted by atomic mass is 16.5. The lowest BCUT2D eigenvalue weighted by Crippen LogP contribution is -2.43. The molecule has 1 fully saturated rings. The molecule has 0 saturated carbocycles. The highest BCUT2D eigenvalue weighted by molar-refractivity contribution is 5.85. The Morgan fingerprint density at radius 3 is 3.04 bits per heavy atom. The molecule has 0 spiro atoms. The number of para-hydroxylation sites is 1. The Bertz CT molecular complexity index is 779. The zero-order valence-corrected chi connectivity index (χ0v) is 14.1. The Morgan fingerprint density at radius 1 is 1.42 bits per heavy atom. The van der Waals surface area contributed by atoms with Crippen LogP contribution < -0.4 is 0 Å². The van der Waals surface area contributed by atoms with E-state index in [1.807, 2.05) is 0 Å². The highest BCUT2D eigenvalue weighted by Gasteiger charge is 2.39. The van der Waals surface area contributed by atoms with Crippen molar-refractivity contribution in [3.8, 4) is 0 Å². The number of rotatable bonds is 3. The van der Waals surface area contributed by atoms with Gasteiger partial charge in [0, 0.05) is 23.1 Å². The summed E-state index contributed by atoms with van der Waals surface area (Å²) in [5.74, 6) is -0.0587. The molecule has 2 aliphatic heterocycles. The maximum atomic E-state index is 12.1. The molecule has 1 saturated heterocycles. The van der Waals surface area contributed by atoms with Gasteiger partial charge in [-0.25, -0.2) is 0 Å². The Hall–Kier alpha value is -2.07. The van der Waals surface area contributed by atoms with Crippen molar-refractivity contribution >= 4 is 16.9 Å². The summed E-state index contributed by atoms with van der Waals surface area (Å²) in [4.78, 5) is 18.3. The first-order chi connectivity index (χ1) is 11.7. The number of carbonyl (C=O) groups is 1. The van der Waals surface area contributed by atoms with Gasteiger partial charge in [0.05, 0.1) is 19.1 Å². The first-order valence-electron chi connectivity index (χ1n) is 8.77. The van der Waals surface area contributed by atoms with Crippen molar-refractivity contribution in [1.29, 1.82) is 0 Å². The molecule has 4 heteroatoms. The van der Waals surface area contributed by atoms with Crippen molar-refractivity contribution in [2.24, 2.45) is 11.8 Å². The molecule has 4 rings (SSSR count). The Morgan fingerprint density at radius 2 is 2.25 bits per heavy atom. The number of methoxy groups -OCH3 is 1. The number of nitrogens with one attached hydrogen (secondary N) is 1. The molecule has 126 valence electrons. The molecule has 24 heavy (non-hydrogen) atoms. The number of H-pyrrole nitrogens is 1. The van der Waals surface area contributed by atoms with E-state index in [2.05, 4.69) is 40.7 Å². The number of ether oxygens (including phenoxy) is 1. The Kier molecular flexibility index (Phi) is 3.93. The zero-order valence-electron chi connectivity index (χ0n) is 14.1. The Labute approximate surface area is 142 Å². The lowest BCUT2D eigenvalue weighted by molar-refractivity contribution is -0.146. The van der Waals surface area contributed by atoms with Gasteiger partial charge in [0.15, 0.2) is 0 Å². The van der Waals surface area contributed by atoms with Crippen molar-refractivity contribution in [3.05, 3.63) is 48.2 Å². The number of benzene rings is 1. The van der Waals surface area contributed by atoms with Crippen LogP contribution in [-0.2, 0) is 16.0 Å². The second kappa shape index (κ2) is 6.10. The van der Waals surface area contributed by atoms with Crippen LogP contribution in [0.1, 0.15) is 30.1 Å². The van der Waals surface area contributed by atoms with Crippen LogP contribution in [0.4, 0.5) is 0 Å². The number of aromatic nitrogens is 1. The minimum absolute atomic E-state index is 0.156. The molecule has 0 radical (unpaired) electrons. The van der Waals surface area contributed by atoms with E-state index in [-0.39, 0.29) is 11.9 Å². The van der Waals surface area contributed by atoms with Crippen LogP contribution in [0.3, 0.4) is 0 Å².